The zero-order chi connectivity index (χ0) is 44.7. The predicted octanol–water partition coefficient (Wildman–Crippen LogP) is 18.2. The maximum atomic E-state index is 3.97. The molecule has 0 saturated carbocycles. The molecule has 0 atom stereocenters. The number of para-hydroxylation sites is 2. The Bertz CT molecular complexity index is 3050. The molecule has 0 N–H and O–H groups in total. The molecule has 2 heteroatoms. The molecule has 0 unspecified atom stereocenters. The first-order valence-corrected chi connectivity index (χ1v) is 22.4. The van der Waals surface area contributed by atoms with Crippen LogP contribution in [0.4, 0.5) is 34.1 Å². The predicted molar refractivity (Wildman–Crippen MR) is 283 cm³/mol. The molecular formula is C64H48N2. The van der Waals surface area contributed by atoms with E-state index in [2.05, 4.69) is 278 Å². The number of nitrogens with zero attached hydrogens (tertiary/aromatic N) is 2. The maximum Gasteiger partial charge on any atom is 0.0467 e. The van der Waals surface area contributed by atoms with Gasteiger partial charge in [-0.15, -0.1) is 0 Å². The monoisotopic (exact) mass is 844 g/mol. The first-order chi connectivity index (χ1) is 32.6. The summed E-state index contributed by atoms with van der Waals surface area (Å²) in [5.41, 5.74) is 20.4. The molecule has 0 amide bonds. The highest BCUT2D eigenvalue weighted by atomic mass is 15.1. The topological polar surface area (TPSA) is 6.48 Å². The van der Waals surface area contributed by atoms with Gasteiger partial charge in [-0.2, -0.15) is 0 Å². The fourth-order valence-corrected chi connectivity index (χ4v) is 8.75. The van der Waals surface area contributed by atoms with Gasteiger partial charge in [-0.05, 0) is 164 Å². The van der Waals surface area contributed by atoms with Crippen molar-refractivity contribution in [1.82, 2.24) is 0 Å². The molecule has 0 aliphatic rings. The van der Waals surface area contributed by atoms with Crippen LogP contribution in [-0.4, -0.2) is 0 Å². The summed E-state index contributed by atoms with van der Waals surface area (Å²) < 4.78 is 0. The van der Waals surface area contributed by atoms with E-state index >= 15 is 0 Å². The summed E-state index contributed by atoms with van der Waals surface area (Å²) in [7, 11) is 0. The quantitative estimate of drug-likeness (QED) is 0.114. The van der Waals surface area contributed by atoms with Gasteiger partial charge in [0.05, 0.1) is 0 Å². The van der Waals surface area contributed by atoms with Gasteiger partial charge in [-0.1, -0.05) is 183 Å². The van der Waals surface area contributed by atoms with Gasteiger partial charge in [-0.25, -0.2) is 0 Å². The van der Waals surface area contributed by atoms with Gasteiger partial charge in [0, 0.05) is 34.1 Å². The van der Waals surface area contributed by atoms with E-state index in [4.69, 9.17) is 0 Å². The Kier molecular flexibility index (Phi) is 11.9. The Morgan fingerprint density at radius 3 is 0.833 bits per heavy atom. The molecule has 10 aromatic rings. The van der Waals surface area contributed by atoms with E-state index in [1.165, 1.54) is 33.4 Å². The highest BCUT2D eigenvalue weighted by Crippen LogP contribution is 2.40. The Hall–Kier alpha value is -8.72. The van der Waals surface area contributed by atoms with Crippen LogP contribution in [0.3, 0.4) is 0 Å². The average molecular weight is 845 g/mol. The highest BCUT2D eigenvalue weighted by molar-refractivity contribution is 5.85. The SMILES string of the molecule is C=Cc1cccc(-c2cccc(-c3cccc(N(c4ccccc4)c4ccc(-c5ccc(N(c6ccccc6)c6cccc(-c7cccc(-c8cccc(C=C)c8)c7)c6)cc5)cc4)c3)c2)c1. The smallest absolute Gasteiger partial charge is 0.0467 e. The van der Waals surface area contributed by atoms with Crippen molar-refractivity contribution in [3.63, 3.8) is 0 Å². The molecule has 0 aliphatic heterocycles. The molecule has 0 saturated heterocycles. The summed E-state index contributed by atoms with van der Waals surface area (Å²) >= 11 is 0. The second kappa shape index (κ2) is 18.9. The molecule has 0 aromatic heterocycles. The van der Waals surface area contributed by atoms with Gasteiger partial charge in [0.2, 0.25) is 0 Å². The molecule has 0 spiro atoms. The van der Waals surface area contributed by atoms with Crippen LogP contribution in [0.25, 0.3) is 67.8 Å². The number of hydrogen-bond acceptors (Lipinski definition) is 2. The third-order valence-electron chi connectivity index (χ3n) is 12.1. The lowest BCUT2D eigenvalue weighted by Gasteiger charge is -2.27. The van der Waals surface area contributed by atoms with E-state index in [0.717, 1.165) is 67.5 Å². The van der Waals surface area contributed by atoms with E-state index in [0.29, 0.717) is 0 Å². The Morgan fingerprint density at radius 1 is 0.212 bits per heavy atom. The van der Waals surface area contributed by atoms with E-state index in [1.54, 1.807) is 0 Å². The van der Waals surface area contributed by atoms with Crippen molar-refractivity contribution in [3.8, 4) is 55.6 Å². The Balaban J connectivity index is 0.939. The van der Waals surface area contributed by atoms with Crippen molar-refractivity contribution in [2.45, 2.75) is 0 Å². The number of benzene rings is 10. The standard InChI is InChI=1S/C64H48N2/c1-3-47-17-11-19-51(41-47)53-21-13-23-55(43-53)57-25-15-31-63(45-57)65(59-27-7-5-8-28-59)61-37-33-49(34-38-61)50-35-39-62(40-36-50)66(60-29-9-6-10-30-60)64-32-16-26-58(46-64)56-24-14-22-54(44-56)52-20-12-18-48(4-2)42-52/h3-46H,1-2H2. The minimum absolute atomic E-state index is 1.08. The van der Waals surface area contributed by atoms with Crippen LogP contribution < -0.4 is 9.80 Å². The van der Waals surface area contributed by atoms with E-state index in [-0.39, 0.29) is 0 Å². The minimum atomic E-state index is 1.08. The third kappa shape index (κ3) is 8.90. The summed E-state index contributed by atoms with van der Waals surface area (Å²) in [6.45, 7) is 7.94. The van der Waals surface area contributed by atoms with Crippen LogP contribution in [-0.2, 0) is 0 Å². The number of hydrogen-bond donors (Lipinski definition) is 0. The molecule has 10 rings (SSSR count). The van der Waals surface area contributed by atoms with Crippen LogP contribution in [0.5, 0.6) is 0 Å². The van der Waals surface area contributed by atoms with Crippen LogP contribution in [0.15, 0.2) is 268 Å². The second-order valence-electron chi connectivity index (χ2n) is 16.4. The van der Waals surface area contributed by atoms with Crippen LogP contribution in [0.2, 0.25) is 0 Å². The summed E-state index contributed by atoms with van der Waals surface area (Å²) in [6.07, 6.45) is 3.79. The molecule has 0 radical (unpaired) electrons. The third-order valence-corrected chi connectivity index (χ3v) is 12.1. The van der Waals surface area contributed by atoms with Gasteiger partial charge in [0.25, 0.3) is 0 Å². The van der Waals surface area contributed by atoms with Gasteiger partial charge in [0.1, 0.15) is 0 Å². The van der Waals surface area contributed by atoms with Crippen LogP contribution >= 0.6 is 0 Å². The van der Waals surface area contributed by atoms with Crippen molar-refractivity contribution in [3.05, 3.63) is 279 Å². The van der Waals surface area contributed by atoms with Crippen molar-refractivity contribution in [1.29, 1.82) is 0 Å². The zero-order valence-corrected chi connectivity index (χ0v) is 36.7. The van der Waals surface area contributed by atoms with Crippen LogP contribution in [0, 0.1) is 0 Å². The first-order valence-electron chi connectivity index (χ1n) is 22.4. The van der Waals surface area contributed by atoms with E-state index < -0.39 is 0 Å². The highest BCUT2D eigenvalue weighted by Gasteiger charge is 2.16. The van der Waals surface area contributed by atoms with Crippen molar-refractivity contribution >= 4 is 46.3 Å². The lowest BCUT2D eigenvalue weighted by molar-refractivity contribution is 1.28. The molecular weight excluding hydrogens is 797 g/mol. The van der Waals surface area contributed by atoms with E-state index in [9.17, 15) is 0 Å². The Labute approximate surface area is 389 Å². The fourth-order valence-electron chi connectivity index (χ4n) is 8.75. The van der Waals surface area contributed by atoms with Crippen molar-refractivity contribution in [2.24, 2.45) is 0 Å². The van der Waals surface area contributed by atoms with Gasteiger partial charge < -0.3 is 9.80 Å². The largest absolute Gasteiger partial charge is 0.310 e. The number of anilines is 6. The van der Waals surface area contributed by atoms with Crippen molar-refractivity contribution < 1.29 is 0 Å². The van der Waals surface area contributed by atoms with Crippen molar-refractivity contribution in [2.75, 3.05) is 9.80 Å². The van der Waals surface area contributed by atoms with E-state index in [1.807, 2.05) is 12.2 Å². The van der Waals surface area contributed by atoms with Gasteiger partial charge in [0.15, 0.2) is 0 Å². The molecule has 0 fully saturated rings. The summed E-state index contributed by atoms with van der Waals surface area (Å²) in [5, 5.41) is 0. The maximum absolute atomic E-state index is 3.97. The molecule has 66 heavy (non-hydrogen) atoms. The number of rotatable bonds is 13. The Morgan fingerprint density at radius 2 is 0.485 bits per heavy atom. The fraction of sp³-hybridized carbons (Fsp3) is 0. The summed E-state index contributed by atoms with van der Waals surface area (Å²) in [5.74, 6) is 0. The summed E-state index contributed by atoms with van der Waals surface area (Å²) in [6, 6.07) is 91.2. The average Bonchev–Trinajstić information content (AvgIpc) is 3.40. The molecule has 2 nitrogen and oxygen atoms in total. The molecule has 10 aromatic carbocycles. The lowest BCUT2D eigenvalue weighted by atomic mass is 9.97. The van der Waals surface area contributed by atoms with Gasteiger partial charge >= 0.3 is 0 Å². The molecule has 0 bridgehead atoms. The second-order valence-corrected chi connectivity index (χ2v) is 16.4. The lowest BCUT2D eigenvalue weighted by Crippen LogP contribution is -2.10. The molecule has 0 aliphatic carbocycles. The molecule has 314 valence electrons. The summed E-state index contributed by atoms with van der Waals surface area (Å²) in [4.78, 5) is 4.66. The minimum Gasteiger partial charge on any atom is -0.310 e. The normalized spacial score (nSPS) is 10.8. The van der Waals surface area contributed by atoms with Crippen LogP contribution in [0.1, 0.15) is 11.1 Å². The molecule has 0 heterocycles. The zero-order valence-electron chi connectivity index (χ0n) is 36.7. The van der Waals surface area contributed by atoms with Gasteiger partial charge in [-0.3, -0.25) is 0 Å². The first kappa shape index (κ1) is 41.3.